The molecule has 0 heterocycles. The Morgan fingerprint density at radius 3 is 1.09 bits per heavy atom. The third kappa shape index (κ3) is 5.95. The lowest BCUT2D eigenvalue weighted by Gasteiger charge is -2.18. The second-order valence-electron chi connectivity index (χ2n) is 15.2. The van der Waals surface area contributed by atoms with Gasteiger partial charge in [0.15, 0.2) is 0 Å². The molecule has 0 nitrogen and oxygen atoms in total. The van der Waals surface area contributed by atoms with Gasteiger partial charge in [0.1, 0.15) is 0 Å². The van der Waals surface area contributed by atoms with Gasteiger partial charge in [-0.05, 0) is 122 Å². The van der Waals surface area contributed by atoms with E-state index in [0.29, 0.717) is 0 Å². The van der Waals surface area contributed by atoms with Crippen molar-refractivity contribution in [1.82, 2.24) is 0 Å². The molecule has 0 spiro atoms. The van der Waals surface area contributed by atoms with Gasteiger partial charge < -0.3 is 0 Å². The predicted molar refractivity (Wildman–Crippen MR) is 249 cm³/mol. The summed E-state index contributed by atoms with van der Waals surface area (Å²) in [5, 5.41) is 10.1. The van der Waals surface area contributed by atoms with Gasteiger partial charge in [0.2, 0.25) is 0 Å². The van der Waals surface area contributed by atoms with Gasteiger partial charge in [-0.25, -0.2) is 0 Å². The molecule has 0 radical (unpaired) electrons. The largest absolute Gasteiger partial charge is 0.0622 e. The maximum absolute atomic E-state index is 2.35. The highest BCUT2D eigenvalue weighted by Gasteiger charge is 2.17. The SMILES string of the molecule is c1ccc(-c2cccc3ccc(-c4ccc(-c5c6ccccc6c(-c6ccc(-c7ccc(-c8ccc9ccccc9c8)cc7)cc6)c6ccccc56)cc4)cc23)cc1. The molecule has 0 aliphatic rings. The van der Waals surface area contributed by atoms with Crippen LogP contribution in [0.2, 0.25) is 0 Å². The standard InChI is InChI=1S/C58H38/c1-2-12-44(13-3-1)51-20-10-15-45-30-36-50(38-56(45)51)43-27-33-47(34-28-43)58-54-18-8-6-16-52(54)57(53-17-7-9-19-55(53)58)46-31-25-41(26-32-46)40-21-23-42(24-22-40)49-35-29-39-11-4-5-14-48(39)37-49/h1-38H. The summed E-state index contributed by atoms with van der Waals surface area (Å²) in [4.78, 5) is 0. The molecular weight excluding hydrogens is 697 g/mol. The first-order valence-electron chi connectivity index (χ1n) is 20.1. The lowest BCUT2D eigenvalue weighted by Crippen LogP contribution is -1.91. The van der Waals surface area contributed by atoms with Crippen LogP contribution in [0, 0.1) is 0 Å². The topological polar surface area (TPSA) is 0 Å². The van der Waals surface area contributed by atoms with Crippen LogP contribution in [-0.4, -0.2) is 0 Å². The molecule has 0 N–H and O–H groups in total. The van der Waals surface area contributed by atoms with E-state index in [2.05, 4.69) is 231 Å². The van der Waals surface area contributed by atoms with Gasteiger partial charge in [-0.15, -0.1) is 0 Å². The number of hydrogen-bond donors (Lipinski definition) is 0. The zero-order valence-electron chi connectivity index (χ0n) is 31.9. The number of rotatable bonds is 6. The monoisotopic (exact) mass is 734 g/mol. The van der Waals surface area contributed by atoms with Crippen molar-refractivity contribution in [2.75, 3.05) is 0 Å². The smallest absolute Gasteiger partial charge is 0.00264 e. The second-order valence-corrected chi connectivity index (χ2v) is 15.2. The molecule has 11 aromatic carbocycles. The van der Waals surface area contributed by atoms with Gasteiger partial charge in [-0.3, -0.25) is 0 Å². The summed E-state index contributed by atoms with van der Waals surface area (Å²) in [5.41, 5.74) is 14.8. The zero-order valence-corrected chi connectivity index (χ0v) is 31.9. The molecule has 0 fully saturated rings. The van der Waals surface area contributed by atoms with Gasteiger partial charge >= 0.3 is 0 Å². The minimum absolute atomic E-state index is 1.21. The van der Waals surface area contributed by atoms with Crippen LogP contribution in [0.5, 0.6) is 0 Å². The van der Waals surface area contributed by atoms with E-state index in [0.717, 1.165) is 0 Å². The molecule has 0 aliphatic carbocycles. The minimum atomic E-state index is 1.21. The summed E-state index contributed by atoms with van der Waals surface area (Å²) in [6.07, 6.45) is 0. The van der Waals surface area contributed by atoms with E-state index in [4.69, 9.17) is 0 Å². The van der Waals surface area contributed by atoms with Gasteiger partial charge in [-0.1, -0.05) is 218 Å². The van der Waals surface area contributed by atoms with Crippen molar-refractivity contribution >= 4 is 43.1 Å². The Balaban J connectivity index is 0.946. The minimum Gasteiger partial charge on any atom is -0.0622 e. The van der Waals surface area contributed by atoms with Gasteiger partial charge in [-0.2, -0.15) is 0 Å². The van der Waals surface area contributed by atoms with Crippen LogP contribution in [-0.2, 0) is 0 Å². The number of fused-ring (bicyclic) bond motifs is 4. The second kappa shape index (κ2) is 14.2. The Bertz CT molecular complexity index is 3220. The van der Waals surface area contributed by atoms with Crippen LogP contribution in [0.15, 0.2) is 231 Å². The van der Waals surface area contributed by atoms with Crippen molar-refractivity contribution in [2.45, 2.75) is 0 Å². The molecule has 0 saturated carbocycles. The maximum Gasteiger partial charge on any atom is -0.00264 e. The first kappa shape index (κ1) is 33.8. The molecular formula is C58H38. The molecule has 270 valence electrons. The van der Waals surface area contributed by atoms with Crippen molar-refractivity contribution in [1.29, 1.82) is 0 Å². The molecule has 0 aromatic heterocycles. The first-order valence-corrected chi connectivity index (χ1v) is 20.1. The Labute approximate surface area is 339 Å². The maximum atomic E-state index is 2.35. The summed E-state index contributed by atoms with van der Waals surface area (Å²) in [6, 6.07) is 84.4. The summed E-state index contributed by atoms with van der Waals surface area (Å²) in [5.74, 6) is 0. The van der Waals surface area contributed by atoms with Gasteiger partial charge in [0, 0.05) is 0 Å². The number of benzene rings is 11. The number of hydrogen-bond acceptors (Lipinski definition) is 0. The highest BCUT2D eigenvalue weighted by Crippen LogP contribution is 2.44. The van der Waals surface area contributed by atoms with E-state index in [1.54, 1.807) is 0 Å². The quantitative estimate of drug-likeness (QED) is 0.149. The molecule has 0 atom stereocenters. The van der Waals surface area contributed by atoms with Gasteiger partial charge in [0.05, 0.1) is 0 Å². The van der Waals surface area contributed by atoms with Crippen LogP contribution >= 0.6 is 0 Å². The highest BCUT2D eigenvalue weighted by molar-refractivity contribution is 6.21. The molecule has 58 heavy (non-hydrogen) atoms. The molecule has 11 rings (SSSR count). The molecule has 0 aliphatic heterocycles. The van der Waals surface area contributed by atoms with E-state index in [1.165, 1.54) is 110 Å². The normalized spacial score (nSPS) is 11.4. The Kier molecular flexibility index (Phi) is 8.26. The van der Waals surface area contributed by atoms with E-state index in [-0.39, 0.29) is 0 Å². The third-order valence-electron chi connectivity index (χ3n) is 11.9. The molecule has 0 bridgehead atoms. The summed E-state index contributed by atoms with van der Waals surface area (Å²) in [6.45, 7) is 0. The molecule has 0 heteroatoms. The van der Waals surface area contributed by atoms with Crippen LogP contribution in [0.25, 0.3) is 110 Å². The Hall–Kier alpha value is -7.54. The highest BCUT2D eigenvalue weighted by atomic mass is 14.2. The average molecular weight is 735 g/mol. The van der Waals surface area contributed by atoms with Crippen LogP contribution in [0.3, 0.4) is 0 Å². The summed E-state index contributed by atoms with van der Waals surface area (Å²) < 4.78 is 0. The first-order chi connectivity index (χ1) is 28.7. The molecule has 11 aromatic rings. The molecule has 0 amide bonds. The van der Waals surface area contributed by atoms with Crippen molar-refractivity contribution in [3.8, 4) is 66.8 Å². The van der Waals surface area contributed by atoms with Crippen molar-refractivity contribution in [2.24, 2.45) is 0 Å². The van der Waals surface area contributed by atoms with Gasteiger partial charge in [0.25, 0.3) is 0 Å². The fourth-order valence-electron chi connectivity index (χ4n) is 8.95. The van der Waals surface area contributed by atoms with Crippen molar-refractivity contribution in [3.63, 3.8) is 0 Å². The van der Waals surface area contributed by atoms with E-state index in [1.807, 2.05) is 0 Å². The summed E-state index contributed by atoms with van der Waals surface area (Å²) >= 11 is 0. The van der Waals surface area contributed by atoms with Crippen LogP contribution in [0.4, 0.5) is 0 Å². The third-order valence-corrected chi connectivity index (χ3v) is 11.9. The summed E-state index contributed by atoms with van der Waals surface area (Å²) in [7, 11) is 0. The lowest BCUT2D eigenvalue weighted by atomic mass is 9.85. The van der Waals surface area contributed by atoms with Crippen LogP contribution in [0.1, 0.15) is 0 Å². The fraction of sp³-hybridized carbons (Fsp3) is 0. The lowest BCUT2D eigenvalue weighted by molar-refractivity contribution is 1.59. The molecule has 0 unspecified atom stereocenters. The Morgan fingerprint density at radius 1 is 0.172 bits per heavy atom. The van der Waals surface area contributed by atoms with Crippen LogP contribution < -0.4 is 0 Å². The zero-order chi connectivity index (χ0) is 38.4. The Morgan fingerprint density at radius 2 is 0.552 bits per heavy atom. The predicted octanol–water partition coefficient (Wildman–Crippen LogP) is 16.3. The van der Waals surface area contributed by atoms with Crippen molar-refractivity contribution < 1.29 is 0 Å². The van der Waals surface area contributed by atoms with E-state index >= 15 is 0 Å². The average Bonchev–Trinajstić information content (AvgIpc) is 3.30. The van der Waals surface area contributed by atoms with E-state index < -0.39 is 0 Å². The van der Waals surface area contributed by atoms with E-state index in [9.17, 15) is 0 Å². The molecule has 0 saturated heterocycles. The van der Waals surface area contributed by atoms with Crippen molar-refractivity contribution in [3.05, 3.63) is 231 Å². The fourth-order valence-corrected chi connectivity index (χ4v) is 8.95.